The zero-order valence-corrected chi connectivity index (χ0v) is 16.5. The number of benzene rings is 1. The smallest absolute Gasteiger partial charge is 0.332 e. The van der Waals surface area contributed by atoms with Gasteiger partial charge >= 0.3 is 5.97 Å². The number of carbonyl (C=O) groups excluding carboxylic acids is 1. The summed E-state index contributed by atoms with van der Waals surface area (Å²) in [5.41, 5.74) is 8.92. The van der Waals surface area contributed by atoms with Gasteiger partial charge in [-0.05, 0) is 71.2 Å². The minimum absolute atomic E-state index is 0.142. The first kappa shape index (κ1) is 21.8. The SMILES string of the molecule is CC(C)(C)OC(=O)COC[C@H](Cc1ccc(OC(C)(C)C)cc1)N=[N+]=[N-]. The highest BCUT2D eigenvalue weighted by Gasteiger charge is 2.17. The van der Waals surface area contributed by atoms with Crippen molar-refractivity contribution in [1.29, 1.82) is 0 Å². The molecule has 0 saturated carbocycles. The lowest BCUT2D eigenvalue weighted by atomic mass is 10.1. The maximum absolute atomic E-state index is 11.6. The second-order valence-corrected chi connectivity index (χ2v) is 8.02. The molecular weight excluding hydrogens is 334 g/mol. The Hall–Kier alpha value is -2.24. The summed E-state index contributed by atoms with van der Waals surface area (Å²) < 4.78 is 16.3. The molecule has 0 N–H and O–H groups in total. The van der Waals surface area contributed by atoms with Crippen molar-refractivity contribution in [3.63, 3.8) is 0 Å². The van der Waals surface area contributed by atoms with Crippen molar-refractivity contribution in [2.45, 2.75) is 65.2 Å². The minimum atomic E-state index is -0.554. The Balaban J connectivity index is 2.55. The molecule has 0 radical (unpaired) electrons. The van der Waals surface area contributed by atoms with E-state index < -0.39 is 17.6 Å². The van der Waals surface area contributed by atoms with Crippen molar-refractivity contribution in [3.05, 3.63) is 40.3 Å². The van der Waals surface area contributed by atoms with E-state index in [0.29, 0.717) is 6.42 Å². The summed E-state index contributed by atoms with van der Waals surface area (Å²) in [6.07, 6.45) is 0.508. The van der Waals surface area contributed by atoms with Crippen LogP contribution in [0.1, 0.15) is 47.1 Å². The molecule has 0 aliphatic heterocycles. The molecule has 0 heterocycles. The maximum Gasteiger partial charge on any atom is 0.332 e. The maximum atomic E-state index is 11.6. The number of hydrogen-bond donors (Lipinski definition) is 0. The van der Waals surface area contributed by atoms with Gasteiger partial charge in [-0.1, -0.05) is 17.2 Å². The predicted octanol–water partition coefficient (Wildman–Crippen LogP) is 4.44. The number of rotatable bonds is 8. The first-order valence-electron chi connectivity index (χ1n) is 8.60. The van der Waals surface area contributed by atoms with Crippen LogP contribution < -0.4 is 4.74 Å². The van der Waals surface area contributed by atoms with Crippen LogP contribution in [0.25, 0.3) is 10.4 Å². The third kappa shape index (κ3) is 9.91. The zero-order chi connectivity index (χ0) is 19.8. The molecule has 0 bridgehead atoms. The molecule has 0 amide bonds. The average molecular weight is 363 g/mol. The molecule has 0 saturated heterocycles. The summed E-state index contributed by atoms with van der Waals surface area (Å²) in [4.78, 5) is 14.5. The topological polar surface area (TPSA) is 93.5 Å². The number of azide groups is 1. The molecular formula is C19H29N3O4. The highest BCUT2D eigenvalue weighted by atomic mass is 16.6. The van der Waals surface area contributed by atoms with Gasteiger partial charge in [0, 0.05) is 4.91 Å². The lowest BCUT2D eigenvalue weighted by molar-refractivity contribution is -0.160. The van der Waals surface area contributed by atoms with E-state index >= 15 is 0 Å². The van der Waals surface area contributed by atoms with Crippen LogP contribution in [0, 0.1) is 0 Å². The van der Waals surface area contributed by atoms with Crippen LogP contribution in [0.15, 0.2) is 29.4 Å². The van der Waals surface area contributed by atoms with Crippen molar-refractivity contribution in [1.82, 2.24) is 0 Å². The van der Waals surface area contributed by atoms with Crippen molar-refractivity contribution in [2.75, 3.05) is 13.2 Å². The Kier molecular flexibility index (Phi) is 7.93. The highest BCUT2D eigenvalue weighted by molar-refractivity contribution is 5.71. The van der Waals surface area contributed by atoms with Crippen molar-refractivity contribution in [2.24, 2.45) is 5.11 Å². The van der Waals surface area contributed by atoms with Gasteiger partial charge in [-0.15, -0.1) is 0 Å². The Morgan fingerprint density at radius 3 is 2.23 bits per heavy atom. The van der Waals surface area contributed by atoms with E-state index in [0.717, 1.165) is 11.3 Å². The summed E-state index contributed by atoms with van der Waals surface area (Å²) in [5.74, 6) is 0.337. The highest BCUT2D eigenvalue weighted by Crippen LogP contribution is 2.19. The summed E-state index contributed by atoms with van der Waals surface area (Å²) in [6, 6.07) is 7.21. The van der Waals surface area contributed by atoms with Crippen LogP contribution in [0.5, 0.6) is 5.75 Å². The van der Waals surface area contributed by atoms with Crippen molar-refractivity contribution < 1.29 is 19.0 Å². The third-order valence-electron chi connectivity index (χ3n) is 2.98. The predicted molar refractivity (Wildman–Crippen MR) is 100 cm³/mol. The summed E-state index contributed by atoms with van der Waals surface area (Å²) >= 11 is 0. The molecule has 7 heteroatoms. The van der Waals surface area contributed by atoms with Crippen LogP contribution in [0.3, 0.4) is 0 Å². The lowest BCUT2D eigenvalue weighted by Gasteiger charge is -2.21. The summed E-state index contributed by atoms with van der Waals surface area (Å²) in [7, 11) is 0. The van der Waals surface area contributed by atoms with E-state index in [1.807, 2.05) is 45.0 Å². The minimum Gasteiger partial charge on any atom is -0.488 e. The summed E-state index contributed by atoms with van der Waals surface area (Å²) in [6.45, 7) is 11.3. The Morgan fingerprint density at radius 2 is 1.73 bits per heavy atom. The number of carbonyl (C=O) groups is 1. The van der Waals surface area contributed by atoms with E-state index in [9.17, 15) is 4.79 Å². The molecule has 0 spiro atoms. The molecule has 1 atom stereocenters. The molecule has 1 rings (SSSR count). The van der Waals surface area contributed by atoms with Crippen LogP contribution in [-0.4, -0.2) is 36.4 Å². The van der Waals surface area contributed by atoms with Gasteiger partial charge < -0.3 is 14.2 Å². The molecule has 0 aliphatic rings. The van der Waals surface area contributed by atoms with Gasteiger partial charge in [0.15, 0.2) is 0 Å². The van der Waals surface area contributed by atoms with Gasteiger partial charge in [0.25, 0.3) is 0 Å². The average Bonchev–Trinajstić information content (AvgIpc) is 2.46. The lowest BCUT2D eigenvalue weighted by Crippen LogP contribution is -2.28. The van der Waals surface area contributed by atoms with Gasteiger partial charge in [-0.25, -0.2) is 4.79 Å². The standard InChI is InChI=1S/C19H29N3O4/c1-18(2,3)25-16-9-7-14(8-10-16)11-15(21-22-20)12-24-13-17(23)26-19(4,5)6/h7-10,15H,11-13H2,1-6H3/t15-/m0/s1. The third-order valence-corrected chi connectivity index (χ3v) is 2.98. The molecule has 26 heavy (non-hydrogen) atoms. The first-order chi connectivity index (χ1) is 12.0. The number of nitrogens with zero attached hydrogens (tertiary/aromatic N) is 3. The van der Waals surface area contributed by atoms with Gasteiger partial charge in [0.05, 0.1) is 12.6 Å². The fourth-order valence-electron chi connectivity index (χ4n) is 2.17. The van der Waals surface area contributed by atoms with Crippen molar-refractivity contribution >= 4 is 5.97 Å². The fraction of sp³-hybridized carbons (Fsp3) is 0.632. The van der Waals surface area contributed by atoms with Gasteiger partial charge in [-0.2, -0.15) is 0 Å². The molecule has 0 aromatic heterocycles. The second kappa shape index (κ2) is 9.46. The van der Waals surface area contributed by atoms with E-state index in [1.165, 1.54) is 0 Å². The Labute approximate surface area is 155 Å². The quantitative estimate of drug-likeness (QED) is 0.295. The van der Waals surface area contributed by atoms with Gasteiger partial charge in [0.1, 0.15) is 23.6 Å². The Morgan fingerprint density at radius 1 is 1.12 bits per heavy atom. The van der Waals surface area contributed by atoms with E-state index in [2.05, 4.69) is 10.0 Å². The Bertz CT molecular complexity index is 624. The van der Waals surface area contributed by atoms with Crippen LogP contribution in [-0.2, 0) is 20.7 Å². The van der Waals surface area contributed by atoms with Crippen LogP contribution in [0.2, 0.25) is 0 Å². The fourth-order valence-corrected chi connectivity index (χ4v) is 2.17. The molecule has 1 aromatic carbocycles. The van der Waals surface area contributed by atoms with Gasteiger partial charge in [0.2, 0.25) is 0 Å². The normalized spacial score (nSPS) is 12.8. The van der Waals surface area contributed by atoms with E-state index in [-0.39, 0.29) is 18.8 Å². The summed E-state index contributed by atoms with van der Waals surface area (Å²) in [5, 5.41) is 3.74. The first-order valence-corrected chi connectivity index (χ1v) is 8.60. The van der Waals surface area contributed by atoms with Gasteiger partial charge in [-0.3, -0.25) is 0 Å². The molecule has 7 nitrogen and oxygen atoms in total. The molecule has 0 fully saturated rings. The molecule has 144 valence electrons. The van der Waals surface area contributed by atoms with E-state index in [1.54, 1.807) is 20.8 Å². The van der Waals surface area contributed by atoms with E-state index in [4.69, 9.17) is 19.7 Å². The molecule has 0 unspecified atom stereocenters. The van der Waals surface area contributed by atoms with Crippen LogP contribution in [0.4, 0.5) is 0 Å². The van der Waals surface area contributed by atoms with Crippen molar-refractivity contribution in [3.8, 4) is 5.75 Å². The number of ether oxygens (including phenoxy) is 3. The molecule has 1 aromatic rings. The second-order valence-electron chi connectivity index (χ2n) is 8.02. The monoisotopic (exact) mass is 363 g/mol. The largest absolute Gasteiger partial charge is 0.488 e. The molecule has 0 aliphatic carbocycles. The zero-order valence-electron chi connectivity index (χ0n) is 16.5. The van der Waals surface area contributed by atoms with Crippen LogP contribution >= 0.6 is 0 Å². The number of hydrogen-bond acceptors (Lipinski definition) is 5. The number of esters is 1.